The van der Waals surface area contributed by atoms with Crippen molar-refractivity contribution < 1.29 is 9.90 Å². The van der Waals surface area contributed by atoms with Crippen molar-refractivity contribution in [2.24, 2.45) is 7.05 Å². The van der Waals surface area contributed by atoms with Gasteiger partial charge >= 0.3 is 0 Å². The zero-order valence-corrected chi connectivity index (χ0v) is 14.7. The molecule has 2 heterocycles. The molecule has 0 aliphatic carbocycles. The summed E-state index contributed by atoms with van der Waals surface area (Å²) in [7, 11) is 1.60. The lowest BCUT2D eigenvalue weighted by molar-refractivity contribution is 0.0746. The lowest BCUT2D eigenvalue weighted by Crippen LogP contribution is -2.49. The molecule has 1 aromatic heterocycles. The number of amides is 1. The minimum Gasteiger partial charge on any atom is -0.508 e. The maximum absolute atomic E-state index is 12.5. The van der Waals surface area contributed by atoms with Crippen LogP contribution in [-0.2, 0) is 7.05 Å². The van der Waals surface area contributed by atoms with Crippen LogP contribution < -0.4 is 10.5 Å². The number of aryl methyl sites for hydroxylation is 1. The molecule has 1 N–H and O–H groups in total. The molecule has 0 saturated carbocycles. The van der Waals surface area contributed by atoms with E-state index in [2.05, 4.69) is 21.0 Å². The average Bonchev–Trinajstić information content (AvgIpc) is 2.59. The number of phenolic OH excluding ortho intramolecular Hbond substituents is 1. The standard InChI is InChI=1S/C16H17BrN4O3/c1-19-16(24)14(17)13(10-18-19)20-5-7-21(8-6-20)15(23)11-3-2-4-12(22)9-11/h2-4,9-10,22H,5-8H2,1H3. The Labute approximate surface area is 147 Å². The van der Waals surface area contributed by atoms with Crippen LogP contribution in [0.4, 0.5) is 5.69 Å². The molecule has 1 fully saturated rings. The summed E-state index contributed by atoms with van der Waals surface area (Å²) < 4.78 is 1.75. The first-order valence-electron chi connectivity index (χ1n) is 7.52. The van der Waals surface area contributed by atoms with Gasteiger partial charge in [-0.15, -0.1) is 0 Å². The number of carbonyl (C=O) groups is 1. The Kier molecular flexibility index (Phi) is 4.57. The van der Waals surface area contributed by atoms with E-state index in [4.69, 9.17) is 0 Å². The normalized spacial score (nSPS) is 14.8. The second kappa shape index (κ2) is 6.64. The van der Waals surface area contributed by atoms with E-state index in [1.54, 1.807) is 30.3 Å². The highest BCUT2D eigenvalue weighted by Crippen LogP contribution is 2.23. The number of phenols is 1. The molecule has 3 rings (SSSR count). The van der Waals surface area contributed by atoms with Gasteiger partial charge in [-0.3, -0.25) is 9.59 Å². The first-order chi connectivity index (χ1) is 11.5. The predicted molar refractivity (Wildman–Crippen MR) is 93.4 cm³/mol. The molecule has 0 atom stereocenters. The summed E-state index contributed by atoms with van der Waals surface area (Å²) in [6, 6.07) is 6.35. The van der Waals surface area contributed by atoms with Gasteiger partial charge in [-0.1, -0.05) is 6.07 Å². The molecule has 0 unspecified atom stereocenters. The van der Waals surface area contributed by atoms with Gasteiger partial charge in [0.1, 0.15) is 10.2 Å². The van der Waals surface area contributed by atoms with Crippen LogP contribution in [0.15, 0.2) is 39.7 Å². The van der Waals surface area contributed by atoms with Crippen molar-refractivity contribution in [3.63, 3.8) is 0 Å². The summed E-state index contributed by atoms with van der Waals surface area (Å²) in [6.07, 6.45) is 1.65. The predicted octanol–water partition coefficient (Wildman–Crippen LogP) is 1.21. The van der Waals surface area contributed by atoms with Crippen LogP contribution in [0.2, 0.25) is 0 Å². The van der Waals surface area contributed by atoms with Crippen LogP contribution in [0.1, 0.15) is 10.4 Å². The van der Waals surface area contributed by atoms with E-state index in [0.29, 0.717) is 36.2 Å². The van der Waals surface area contributed by atoms with Gasteiger partial charge < -0.3 is 14.9 Å². The third-order valence-corrected chi connectivity index (χ3v) is 4.81. The fourth-order valence-corrected chi connectivity index (χ4v) is 3.30. The Morgan fingerprint density at radius 3 is 2.62 bits per heavy atom. The molecule has 2 aromatic rings. The summed E-state index contributed by atoms with van der Waals surface area (Å²) in [5.74, 6) is -0.0265. The van der Waals surface area contributed by atoms with E-state index in [-0.39, 0.29) is 17.2 Å². The van der Waals surface area contributed by atoms with E-state index in [1.165, 1.54) is 16.8 Å². The third kappa shape index (κ3) is 3.14. The fraction of sp³-hybridized carbons (Fsp3) is 0.312. The number of hydrogen-bond donors (Lipinski definition) is 1. The van der Waals surface area contributed by atoms with Crippen molar-refractivity contribution in [2.45, 2.75) is 0 Å². The fourth-order valence-electron chi connectivity index (χ4n) is 2.69. The minimum atomic E-state index is -0.189. The van der Waals surface area contributed by atoms with Gasteiger partial charge in [0.25, 0.3) is 11.5 Å². The van der Waals surface area contributed by atoms with E-state index >= 15 is 0 Å². The van der Waals surface area contributed by atoms with Gasteiger partial charge in [0.05, 0.1) is 11.9 Å². The maximum Gasteiger partial charge on any atom is 0.282 e. The Morgan fingerprint density at radius 2 is 1.96 bits per heavy atom. The van der Waals surface area contributed by atoms with E-state index in [9.17, 15) is 14.7 Å². The Hall–Kier alpha value is -2.35. The number of piperazine rings is 1. The maximum atomic E-state index is 12.5. The SMILES string of the molecule is Cn1ncc(N2CCN(C(=O)c3cccc(O)c3)CC2)c(Br)c1=O. The number of halogens is 1. The second-order valence-electron chi connectivity index (χ2n) is 5.60. The summed E-state index contributed by atoms with van der Waals surface area (Å²) in [5.41, 5.74) is 1.02. The molecular formula is C16H17BrN4O3. The van der Waals surface area contributed by atoms with Crippen molar-refractivity contribution in [2.75, 3.05) is 31.1 Å². The van der Waals surface area contributed by atoms with Crippen LogP contribution in [0.25, 0.3) is 0 Å². The second-order valence-corrected chi connectivity index (χ2v) is 6.40. The zero-order chi connectivity index (χ0) is 17.3. The molecule has 126 valence electrons. The van der Waals surface area contributed by atoms with Crippen molar-refractivity contribution >= 4 is 27.5 Å². The van der Waals surface area contributed by atoms with Gasteiger partial charge in [0, 0.05) is 38.8 Å². The Morgan fingerprint density at radius 1 is 1.25 bits per heavy atom. The van der Waals surface area contributed by atoms with Gasteiger partial charge in [0.2, 0.25) is 0 Å². The lowest BCUT2D eigenvalue weighted by atomic mass is 10.1. The van der Waals surface area contributed by atoms with Crippen LogP contribution in [-0.4, -0.2) is 51.9 Å². The number of aromatic nitrogens is 2. The monoisotopic (exact) mass is 392 g/mol. The van der Waals surface area contributed by atoms with E-state index < -0.39 is 0 Å². The topological polar surface area (TPSA) is 78.7 Å². The Bertz CT molecular complexity index is 828. The lowest BCUT2D eigenvalue weighted by Gasteiger charge is -2.36. The van der Waals surface area contributed by atoms with Crippen molar-refractivity contribution in [1.29, 1.82) is 0 Å². The third-order valence-electron chi connectivity index (χ3n) is 4.06. The molecule has 0 radical (unpaired) electrons. The number of carbonyl (C=O) groups excluding carboxylic acids is 1. The molecule has 0 spiro atoms. The van der Waals surface area contributed by atoms with Gasteiger partial charge in [0.15, 0.2) is 0 Å². The quantitative estimate of drug-likeness (QED) is 0.830. The van der Waals surface area contributed by atoms with Crippen molar-refractivity contribution in [3.05, 3.63) is 50.9 Å². The zero-order valence-electron chi connectivity index (χ0n) is 13.1. The molecule has 7 nitrogen and oxygen atoms in total. The van der Waals surface area contributed by atoms with Crippen LogP contribution >= 0.6 is 15.9 Å². The summed E-state index contributed by atoms with van der Waals surface area (Å²) >= 11 is 3.33. The molecule has 1 aliphatic heterocycles. The summed E-state index contributed by atoms with van der Waals surface area (Å²) in [5, 5.41) is 13.6. The molecule has 24 heavy (non-hydrogen) atoms. The molecule has 1 aliphatic rings. The van der Waals surface area contributed by atoms with E-state index in [1.807, 2.05) is 4.90 Å². The highest BCUT2D eigenvalue weighted by Gasteiger charge is 2.24. The number of nitrogens with zero attached hydrogens (tertiary/aromatic N) is 4. The number of anilines is 1. The van der Waals surface area contributed by atoms with Gasteiger partial charge in [-0.25, -0.2) is 4.68 Å². The smallest absolute Gasteiger partial charge is 0.282 e. The minimum absolute atomic E-state index is 0.0784. The first kappa shape index (κ1) is 16.5. The van der Waals surface area contributed by atoms with E-state index in [0.717, 1.165) is 5.69 Å². The highest BCUT2D eigenvalue weighted by molar-refractivity contribution is 9.10. The molecule has 1 saturated heterocycles. The number of hydrogen-bond acceptors (Lipinski definition) is 5. The van der Waals surface area contributed by atoms with Crippen molar-refractivity contribution in [1.82, 2.24) is 14.7 Å². The van der Waals surface area contributed by atoms with Crippen LogP contribution in [0.3, 0.4) is 0 Å². The molecule has 0 bridgehead atoms. The number of benzene rings is 1. The van der Waals surface area contributed by atoms with Gasteiger partial charge in [-0.05, 0) is 34.1 Å². The average molecular weight is 393 g/mol. The molecule has 1 amide bonds. The number of rotatable bonds is 2. The van der Waals surface area contributed by atoms with Crippen LogP contribution in [0.5, 0.6) is 5.75 Å². The molecular weight excluding hydrogens is 376 g/mol. The molecule has 8 heteroatoms. The first-order valence-corrected chi connectivity index (χ1v) is 8.32. The number of aromatic hydroxyl groups is 1. The Balaban J connectivity index is 1.71. The van der Waals surface area contributed by atoms with Gasteiger partial charge in [-0.2, -0.15) is 5.10 Å². The van der Waals surface area contributed by atoms with Crippen molar-refractivity contribution in [3.8, 4) is 5.75 Å². The largest absolute Gasteiger partial charge is 0.508 e. The van der Waals surface area contributed by atoms with Crippen LogP contribution in [0, 0.1) is 0 Å². The summed E-state index contributed by atoms with van der Waals surface area (Å²) in [4.78, 5) is 28.2. The molecule has 1 aromatic carbocycles. The highest BCUT2D eigenvalue weighted by atomic mass is 79.9. The summed E-state index contributed by atoms with van der Waals surface area (Å²) in [6.45, 7) is 2.29.